The molecule has 0 unspecified atom stereocenters. The van der Waals surface area contributed by atoms with Gasteiger partial charge in [0.05, 0.1) is 0 Å². The maximum atomic E-state index is 12.6. The van der Waals surface area contributed by atoms with Gasteiger partial charge in [0.2, 0.25) is 0 Å². The number of rotatable bonds is 5. The summed E-state index contributed by atoms with van der Waals surface area (Å²) < 4.78 is 1.04. The lowest BCUT2D eigenvalue weighted by atomic mass is 9.89. The highest BCUT2D eigenvalue weighted by atomic mass is 79.9. The standard InChI is InChI=1S/C19H16BrNO/c20-16-10-8-14(9-11-16)17(18-7-4-12-21-18)13-19(22)15-5-2-1-3-6-15/h1-12,17,21H,13H2/t17-/m0/s1. The third-order valence-electron chi connectivity index (χ3n) is 3.76. The highest BCUT2D eigenvalue weighted by molar-refractivity contribution is 9.10. The monoisotopic (exact) mass is 353 g/mol. The van der Waals surface area contributed by atoms with Crippen LogP contribution in [-0.2, 0) is 0 Å². The molecule has 3 aromatic rings. The number of hydrogen-bond acceptors (Lipinski definition) is 1. The van der Waals surface area contributed by atoms with Gasteiger partial charge in [-0.05, 0) is 29.8 Å². The largest absolute Gasteiger partial charge is 0.364 e. The Labute approximate surface area is 138 Å². The number of nitrogens with one attached hydrogen (secondary N) is 1. The number of aromatic amines is 1. The lowest BCUT2D eigenvalue weighted by Crippen LogP contribution is -2.09. The summed E-state index contributed by atoms with van der Waals surface area (Å²) in [4.78, 5) is 15.8. The molecule has 3 heteroatoms. The average Bonchev–Trinajstić information content (AvgIpc) is 3.08. The maximum absolute atomic E-state index is 12.6. The molecular weight excluding hydrogens is 338 g/mol. The minimum atomic E-state index is 0.0378. The molecule has 0 fully saturated rings. The fraction of sp³-hybridized carbons (Fsp3) is 0.105. The summed E-state index contributed by atoms with van der Waals surface area (Å²) in [6, 6.07) is 21.6. The summed E-state index contributed by atoms with van der Waals surface area (Å²) in [5, 5.41) is 0. The van der Waals surface area contributed by atoms with E-state index in [-0.39, 0.29) is 11.7 Å². The third-order valence-corrected chi connectivity index (χ3v) is 4.28. The van der Waals surface area contributed by atoms with Crippen LogP contribution in [0.3, 0.4) is 0 Å². The van der Waals surface area contributed by atoms with Crippen LogP contribution >= 0.6 is 15.9 Å². The molecule has 0 aliphatic carbocycles. The molecule has 0 amide bonds. The number of carbonyl (C=O) groups is 1. The van der Waals surface area contributed by atoms with Crippen LogP contribution in [0.5, 0.6) is 0 Å². The molecule has 0 aliphatic rings. The van der Waals surface area contributed by atoms with E-state index in [4.69, 9.17) is 0 Å². The molecular formula is C19H16BrNO. The lowest BCUT2D eigenvalue weighted by Gasteiger charge is -2.16. The second-order valence-corrected chi connectivity index (χ2v) is 6.14. The summed E-state index contributed by atoms with van der Waals surface area (Å²) in [7, 11) is 0. The van der Waals surface area contributed by atoms with Crippen LogP contribution in [0.1, 0.15) is 34.0 Å². The van der Waals surface area contributed by atoms with E-state index in [1.165, 1.54) is 0 Å². The number of halogens is 1. The molecule has 0 bridgehead atoms. The second-order valence-electron chi connectivity index (χ2n) is 5.22. The fourth-order valence-corrected chi connectivity index (χ4v) is 2.86. The average molecular weight is 354 g/mol. The van der Waals surface area contributed by atoms with E-state index in [1.807, 2.05) is 60.8 Å². The van der Waals surface area contributed by atoms with E-state index < -0.39 is 0 Å². The van der Waals surface area contributed by atoms with Crippen LogP contribution < -0.4 is 0 Å². The summed E-state index contributed by atoms with van der Waals surface area (Å²) in [5.41, 5.74) is 2.96. The zero-order valence-corrected chi connectivity index (χ0v) is 13.6. The quantitative estimate of drug-likeness (QED) is 0.629. The number of H-pyrrole nitrogens is 1. The molecule has 0 spiro atoms. The molecule has 0 saturated heterocycles. The SMILES string of the molecule is O=C(C[C@@H](c1ccc(Br)cc1)c1ccc[nH]1)c1ccccc1. The fourth-order valence-electron chi connectivity index (χ4n) is 2.59. The van der Waals surface area contributed by atoms with E-state index in [2.05, 4.69) is 33.0 Å². The number of carbonyl (C=O) groups excluding carboxylic acids is 1. The van der Waals surface area contributed by atoms with Gasteiger partial charge in [-0.25, -0.2) is 0 Å². The van der Waals surface area contributed by atoms with Gasteiger partial charge in [-0.3, -0.25) is 4.79 Å². The Morgan fingerprint density at radius 2 is 1.68 bits per heavy atom. The topological polar surface area (TPSA) is 32.9 Å². The minimum Gasteiger partial charge on any atom is -0.364 e. The van der Waals surface area contributed by atoms with Crippen molar-refractivity contribution in [3.05, 3.63) is 94.2 Å². The van der Waals surface area contributed by atoms with Gasteiger partial charge in [0.1, 0.15) is 0 Å². The van der Waals surface area contributed by atoms with Crippen molar-refractivity contribution in [2.45, 2.75) is 12.3 Å². The summed E-state index contributed by atoms with van der Waals surface area (Å²) in [5.74, 6) is 0.193. The molecule has 0 aliphatic heterocycles. The van der Waals surface area contributed by atoms with Crippen LogP contribution in [-0.4, -0.2) is 10.8 Å². The predicted octanol–water partition coefficient (Wildman–Crippen LogP) is 5.18. The zero-order valence-electron chi connectivity index (χ0n) is 12.0. The molecule has 1 N–H and O–H groups in total. The van der Waals surface area contributed by atoms with Gasteiger partial charge in [0.15, 0.2) is 5.78 Å². The Bertz CT molecular complexity index is 733. The minimum absolute atomic E-state index is 0.0378. The first-order chi connectivity index (χ1) is 10.7. The Morgan fingerprint density at radius 1 is 0.955 bits per heavy atom. The summed E-state index contributed by atoms with van der Waals surface area (Å²) in [6.07, 6.45) is 2.35. The molecule has 0 saturated carbocycles. The predicted molar refractivity (Wildman–Crippen MR) is 92.2 cm³/mol. The van der Waals surface area contributed by atoms with Crippen molar-refractivity contribution in [2.75, 3.05) is 0 Å². The smallest absolute Gasteiger partial charge is 0.163 e. The number of ketones is 1. The Kier molecular flexibility index (Phi) is 4.54. The first-order valence-electron chi connectivity index (χ1n) is 7.21. The maximum Gasteiger partial charge on any atom is 0.163 e. The van der Waals surface area contributed by atoms with Crippen molar-refractivity contribution in [3.63, 3.8) is 0 Å². The number of aromatic nitrogens is 1. The van der Waals surface area contributed by atoms with Crippen molar-refractivity contribution >= 4 is 21.7 Å². The first kappa shape index (κ1) is 14.8. The van der Waals surface area contributed by atoms with Crippen molar-refractivity contribution in [2.24, 2.45) is 0 Å². The molecule has 0 radical (unpaired) electrons. The number of Topliss-reactive ketones (excluding diaryl/α,β-unsaturated/α-hetero) is 1. The van der Waals surface area contributed by atoms with Crippen molar-refractivity contribution in [3.8, 4) is 0 Å². The van der Waals surface area contributed by atoms with E-state index in [1.54, 1.807) is 0 Å². The van der Waals surface area contributed by atoms with Gasteiger partial charge in [-0.2, -0.15) is 0 Å². The molecule has 2 nitrogen and oxygen atoms in total. The van der Waals surface area contributed by atoms with Crippen molar-refractivity contribution in [1.29, 1.82) is 0 Å². The van der Waals surface area contributed by atoms with Gasteiger partial charge in [-0.1, -0.05) is 58.4 Å². The first-order valence-corrected chi connectivity index (χ1v) is 8.00. The molecule has 1 atom stereocenters. The summed E-state index contributed by atoms with van der Waals surface area (Å²) >= 11 is 3.46. The normalized spacial score (nSPS) is 12.0. The molecule has 1 aromatic heterocycles. The molecule has 2 aromatic carbocycles. The lowest BCUT2D eigenvalue weighted by molar-refractivity contribution is 0.0977. The Hall–Kier alpha value is -2.13. The molecule has 22 heavy (non-hydrogen) atoms. The highest BCUT2D eigenvalue weighted by Gasteiger charge is 2.19. The van der Waals surface area contributed by atoms with Gasteiger partial charge < -0.3 is 4.98 Å². The zero-order chi connectivity index (χ0) is 15.4. The van der Waals surface area contributed by atoms with Gasteiger partial charge in [0.25, 0.3) is 0 Å². The van der Waals surface area contributed by atoms with Gasteiger partial charge in [0, 0.05) is 34.3 Å². The molecule has 110 valence electrons. The van der Waals surface area contributed by atoms with Gasteiger partial charge in [-0.15, -0.1) is 0 Å². The van der Waals surface area contributed by atoms with E-state index in [0.717, 1.165) is 21.3 Å². The third kappa shape index (κ3) is 3.37. The van der Waals surface area contributed by atoms with E-state index in [0.29, 0.717) is 6.42 Å². The Morgan fingerprint density at radius 3 is 2.32 bits per heavy atom. The summed E-state index contributed by atoms with van der Waals surface area (Å²) in [6.45, 7) is 0. The van der Waals surface area contributed by atoms with Gasteiger partial charge >= 0.3 is 0 Å². The van der Waals surface area contributed by atoms with Crippen molar-refractivity contribution < 1.29 is 4.79 Å². The Balaban J connectivity index is 1.90. The molecule has 1 heterocycles. The number of hydrogen-bond donors (Lipinski definition) is 1. The second kappa shape index (κ2) is 6.75. The molecule has 3 rings (SSSR count). The van der Waals surface area contributed by atoms with Crippen molar-refractivity contribution in [1.82, 2.24) is 4.98 Å². The van der Waals surface area contributed by atoms with E-state index >= 15 is 0 Å². The van der Waals surface area contributed by atoms with Crippen LogP contribution in [0.25, 0.3) is 0 Å². The van der Waals surface area contributed by atoms with Crippen LogP contribution in [0, 0.1) is 0 Å². The van der Waals surface area contributed by atoms with Crippen LogP contribution in [0.2, 0.25) is 0 Å². The highest BCUT2D eigenvalue weighted by Crippen LogP contribution is 2.29. The van der Waals surface area contributed by atoms with Crippen LogP contribution in [0.15, 0.2) is 77.4 Å². The van der Waals surface area contributed by atoms with E-state index in [9.17, 15) is 4.79 Å². The van der Waals surface area contributed by atoms with Crippen LogP contribution in [0.4, 0.5) is 0 Å². The number of benzene rings is 2.